The van der Waals surface area contributed by atoms with Crippen LogP contribution >= 0.6 is 23.2 Å². The monoisotopic (exact) mass is 573 g/mol. The highest BCUT2D eigenvalue weighted by molar-refractivity contribution is 7.93. The van der Waals surface area contributed by atoms with Gasteiger partial charge in [-0.05, 0) is 36.4 Å². The third-order valence-corrected chi connectivity index (χ3v) is 8.92. The summed E-state index contributed by atoms with van der Waals surface area (Å²) in [5.74, 6) is -0.694. The van der Waals surface area contributed by atoms with Crippen LogP contribution in [-0.4, -0.2) is 39.2 Å². The van der Waals surface area contributed by atoms with Gasteiger partial charge in [-0.3, -0.25) is 18.7 Å². The van der Waals surface area contributed by atoms with Crippen molar-refractivity contribution in [3.63, 3.8) is 0 Å². The van der Waals surface area contributed by atoms with Gasteiger partial charge in [0.2, 0.25) is 11.8 Å². The predicted octanol–water partition coefficient (Wildman–Crippen LogP) is 4.35. The number of carbonyl (C=O) groups excluding carboxylic acids is 3. The van der Waals surface area contributed by atoms with E-state index >= 15 is 0 Å². The van der Waals surface area contributed by atoms with E-state index in [-0.39, 0.29) is 20.6 Å². The molecule has 0 fully saturated rings. The number of sulfonamides is 1. The van der Waals surface area contributed by atoms with Crippen molar-refractivity contribution in [2.75, 3.05) is 16.2 Å². The molecule has 0 bridgehead atoms. The first kappa shape index (κ1) is 26.0. The minimum atomic E-state index is -4.34. The number of fused-ring (bicyclic) bond motifs is 2. The number of nitrogens with zero attached hydrogens (tertiary/aromatic N) is 1. The molecule has 196 valence electrons. The number of anilines is 2. The fraction of sp³-hybridized carbons (Fsp3) is 0.192. The summed E-state index contributed by atoms with van der Waals surface area (Å²) in [5, 5.41) is 5.79. The summed E-state index contributed by atoms with van der Waals surface area (Å²) in [5.41, 5.74) is 1.64. The van der Waals surface area contributed by atoms with Gasteiger partial charge in [0.1, 0.15) is 18.1 Å². The number of nitrogens with one attached hydrogen (secondary N) is 2. The summed E-state index contributed by atoms with van der Waals surface area (Å²) in [6, 6.07) is 13.4. The number of hydrogen-bond acceptors (Lipinski definition) is 6. The number of hydrogen-bond donors (Lipinski definition) is 2. The highest BCUT2D eigenvalue weighted by Gasteiger charge is 2.42. The average molecular weight is 574 g/mol. The Labute approximate surface area is 228 Å². The summed E-state index contributed by atoms with van der Waals surface area (Å²) < 4.78 is 34.2. The van der Waals surface area contributed by atoms with Gasteiger partial charge in [-0.15, -0.1) is 0 Å². The molecule has 0 spiro atoms. The van der Waals surface area contributed by atoms with E-state index in [4.69, 9.17) is 27.9 Å². The van der Waals surface area contributed by atoms with E-state index in [0.29, 0.717) is 41.9 Å². The van der Waals surface area contributed by atoms with Crippen LogP contribution < -0.4 is 19.7 Å². The van der Waals surface area contributed by atoms with Crippen LogP contribution in [-0.2, 0) is 19.6 Å². The molecule has 0 saturated heterocycles. The number of aldehydes is 1. The van der Waals surface area contributed by atoms with Crippen molar-refractivity contribution in [1.29, 1.82) is 0 Å². The first-order valence-electron chi connectivity index (χ1n) is 11.6. The highest BCUT2D eigenvalue weighted by atomic mass is 35.5. The molecule has 2 aliphatic rings. The Balaban J connectivity index is 1.46. The normalized spacial score (nSPS) is 18.5. The lowest BCUT2D eigenvalue weighted by molar-refractivity contribution is -0.125. The van der Waals surface area contributed by atoms with E-state index in [9.17, 15) is 22.8 Å². The van der Waals surface area contributed by atoms with Gasteiger partial charge in [0.15, 0.2) is 0 Å². The van der Waals surface area contributed by atoms with Crippen molar-refractivity contribution in [1.82, 2.24) is 5.32 Å². The second-order valence-electron chi connectivity index (χ2n) is 8.78. The molecule has 2 amide bonds. The summed E-state index contributed by atoms with van der Waals surface area (Å²) in [7, 11) is -4.34. The van der Waals surface area contributed by atoms with Gasteiger partial charge in [0, 0.05) is 17.5 Å². The number of rotatable bonds is 6. The van der Waals surface area contributed by atoms with E-state index in [1.807, 2.05) is 0 Å². The topological polar surface area (TPSA) is 122 Å². The molecular weight excluding hydrogens is 553 g/mol. The Morgan fingerprint density at radius 3 is 2.66 bits per heavy atom. The maximum Gasteiger partial charge on any atom is 0.265 e. The van der Waals surface area contributed by atoms with Gasteiger partial charge < -0.3 is 15.4 Å². The molecule has 2 heterocycles. The Kier molecular flexibility index (Phi) is 7.04. The Bertz CT molecular complexity index is 1560. The molecule has 5 rings (SSSR count). The maximum atomic E-state index is 13.8. The molecule has 3 aromatic carbocycles. The van der Waals surface area contributed by atoms with Crippen LogP contribution in [0.1, 0.15) is 34.8 Å². The molecule has 0 saturated carbocycles. The van der Waals surface area contributed by atoms with E-state index < -0.39 is 40.3 Å². The van der Waals surface area contributed by atoms with Crippen LogP contribution in [0.25, 0.3) is 0 Å². The number of halogens is 2. The van der Waals surface area contributed by atoms with Crippen molar-refractivity contribution < 1.29 is 27.5 Å². The first-order chi connectivity index (χ1) is 18.2. The zero-order valence-corrected chi connectivity index (χ0v) is 22.0. The SMILES string of the molecule is O=Cc1ccc2c(c1)OCC[C@H]2NC(=O)C[C@@H]1C(=O)Nc2ccccc2N1S(=O)(=O)c1ccc(Cl)c(Cl)c1. The van der Waals surface area contributed by atoms with Crippen molar-refractivity contribution >= 4 is 62.7 Å². The standard InChI is InChI=1S/C26H21Cl2N3O6S/c27-18-8-6-16(12-19(18)28)38(35,36)31-22-4-2-1-3-21(22)30-26(34)23(31)13-25(33)29-20-9-10-37-24-11-15(14-32)5-7-17(20)24/h1-8,11-12,14,20,23H,9-10,13H2,(H,29,33)(H,30,34)/t20-,23-/m1/s1. The number of carbonyl (C=O) groups is 3. The Morgan fingerprint density at radius 2 is 1.89 bits per heavy atom. The van der Waals surface area contributed by atoms with Gasteiger partial charge >= 0.3 is 0 Å². The highest BCUT2D eigenvalue weighted by Crippen LogP contribution is 2.38. The molecule has 0 radical (unpaired) electrons. The molecular formula is C26H21Cl2N3O6S. The Morgan fingerprint density at radius 1 is 1.11 bits per heavy atom. The molecule has 2 aliphatic heterocycles. The lowest BCUT2D eigenvalue weighted by atomic mass is 9.98. The molecule has 38 heavy (non-hydrogen) atoms. The zero-order chi connectivity index (χ0) is 27.0. The molecule has 0 unspecified atom stereocenters. The van der Waals surface area contributed by atoms with Gasteiger partial charge in [-0.25, -0.2) is 8.42 Å². The van der Waals surface area contributed by atoms with Crippen LogP contribution in [0.15, 0.2) is 65.6 Å². The quantitative estimate of drug-likeness (QED) is 0.423. The van der Waals surface area contributed by atoms with Crippen molar-refractivity contribution in [3.8, 4) is 5.75 Å². The predicted molar refractivity (Wildman–Crippen MR) is 142 cm³/mol. The molecule has 9 nitrogen and oxygen atoms in total. The van der Waals surface area contributed by atoms with Crippen molar-refractivity contribution in [3.05, 3.63) is 81.8 Å². The van der Waals surface area contributed by atoms with Crippen molar-refractivity contribution in [2.24, 2.45) is 0 Å². The number of amides is 2. The fourth-order valence-corrected chi connectivity index (χ4v) is 6.56. The molecule has 2 N–H and O–H groups in total. The average Bonchev–Trinajstić information content (AvgIpc) is 2.90. The minimum absolute atomic E-state index is 0.0349. The van der Waals surface area contributed by atoms with Crippen LogP contribution in [0.5, 0.6) is 5.75 Å². The van der Waals surface area contributed by atoms with E-state index in [1.54, 1.807) is 42.5 Å². The Hall–Kier alpha value is -3.60. The summed E-state index contributed by atoms with van der Waals surface area (Å²) in [6.07, 6.45) is 0.720. The molecule has 0 aliphatic carbocycles. The van der Waals surface area contributed by atoms with E-state index in [2.05, 4.69) is 10.6 Å². The summed E-state index contributed by atoms with van der Waals surface area (Å²) in [6.45, 7) is 0.315. The lowest BCUT2D eigenvalue weighted by Gasteiger charge is -2.37. The number of para-hydroxylation sites is 2. The largest absolute Gasteiger partial charge is 0.493 e. The minimum Gasteiger partial charge on any atom is -0.493 e. The van der Waals surface area contributed by atoms with Crippen LogP contribution in [0.4, 0.5) is 11.4 Å². The van der Waals surface area contributed by atoms with E-state index in [0.717, 1.165) is 4.31 Å². The molecule has 2 atom stereocenters. The molecule has 0 aromatic heterocycles. The van der Waals surface area contributed by atoms with Gasteiger partial charge in [-0.1, -0.05) is 47.5 Å². The fourth-order valence-electron chi connectivity index (χ4n) is 4.54. The number of benzene rings is 3. The third kappa shape index (κ3) is 4.82. The smallest absolute Gasteiger partial charge is 0.265 e. The van der Waals surface area contributed by atoms with Crippen LogP contribution in [0.3, 0.4) is 0 Å². The molecule has 3 aromatic rings. The summed E-state index contributed by atoms with van der Waals surface area (Å²) in [4.78, 5) is 37.3. The van der Waals surface area contributed by atoms with Gasteiger partial charge in [-0.2, -0.15) is 0 Å². The third-order valence-electron chi connectivity index (χ3n) is 6.36. The first-order valence-corrected chi connectivity index (χ1v) is 13.8. The maximum absolute atomic E-state index is 13.8. The van der Waals surface area contributed by atoms with Crippen molar-refractivity contribution in [2.45, 2.75) is 29.8 Å². The van der Waals surface area contributed by atoms with Crippen LogP contribution in [0, 0.1) is 0 Å². The molecule has 12 heteroatoms. The second-order valence-corrected chi connectivity index (χ2v) is 11.4. The number of ether oxygens (including phenoxy) is 1. The lowest BCUT2D eigenvalue weighted by Crippen LogP contribution is -2.53. The summed E-state index contributed by atoms with van der Waals surface area (Å²) >= 11 is 12.1. The van der Waals surface area contributed by atoms with Gasteiger partial charge in [0.05, 0.1) is 45.4 Å². The zero-order valence-electron chi connectivity index (χ0n) is 19.7. The van der Waals surface area contributed by atoms with Crippen LogP contribution in [0.2, 0.25) is 10.0 Å². The van der Waals surface area contributed by atoms with Gasteiger partial charge in [0.25, 0.3) is 10.0 Å². The van der Waals surface area contributed by atoms with E-state index in [1.165, 1.54) is 18.2 Å². The second kappa shape index (κ2) is 10.3.